The summed E-state index contributed by atoms with van der Waals surface area (Å²) in [5.41, 5.74) is 0.225. The molecule has 154 valence electrons. The fourth-order valence-electron chi connectivity index (χ4n) is 2.59. The van der Waals surface area contributed by atoms with Gasteiger partial charge in [0.05, 0.1) is 22.0 Å². The van der Waals surface area contributed by atoms with Gasteiger partial charge >= 0.3 is 6.09 Å². The van der Waals surface area contributed by atoms with Gasteiger partial charge in [-0.15, -0.1) is 0 Å². The van der Waals surface area contributed by atoms with Crippen LogP contribution >= 0.6 is 27.3 Å². The molecule has 0 unspecified atom stereocenters. The molecule has 0 aliphatic carbocycles. The number of nitrogens with zero attached hydrogens (tertiary/aromatic N) is 2. The number of rotatable bonds is 4. The van der Waals surface area contributed by atoms with Crippen LogP contribution in [0.4, 0.5) is 20.0 Å². The lowest BCUT2D eigenvalue weighted by Gasteiger charge is -2.27. The van der Waals surface area contributed by atoms with Crippen LogP contribution in [0.2, 0.25) is 0 Å². The summed E-state index contributed by atoms with van der Waals surface area (Å²) in [6, 6.07) is 9.72. The molecule has 29 heavy (non-hydrogen) atoms. The molecule has 0 bridgehead atoms. The first-order valence-electron chi connectivity index (χ1n) is 9.09. The van der Waals surface area contributed by atoms with Gasteiger partial charge in [0.25, 0.3) is 0 Å². The molecular formula is C21H22BrFN2O3S. The number of benzene rings is 2. The quantitative estimate of drug-likeness (QED) is 0.400. The van der Waals surface area contributed by atoms with Crippen molar-refractivity contribution in [2.45, 2.75) is 46.3 Å². The number of hydrogen-bond donors (Lipinski definition) is 0. The summed E-state index contributed by atoms with van der Waals surface area (Å²) in [6.07, 6.45) is -0.819. The van der Waals surface area contributed by atoms with E-state index in [1.165, 1.54) is 34.4 Å². The number of halogens is 2. The average Bonchev–Trinajstić information content (AvgIpc) is 2.97. The minimum Gasteiger partial charge on any atom is -0.489 e. The van der Waals surface area contributed by atoms with Crippen LogP contribution in [0.3, 0.4) is 0 Å². The minimum atomic E-state index is -0.735. The second-order valence-electron chi connectivity index (χ2n) is 7.70. The van der Waals surface area contributed by atoms with Crippen molar-refractivity contribution in [3.63, 3.8) is 0 Å². The van der Waals surface area contributed by atoms with Crippen LogP contribution in [0, 0.1) is 5.82 Å². The number of amides is 1. The molecule has 0 saturated heterocycles. The van der Waals surface area contributed by atoms with E-state index in [0.717, 1.165) is 14.7 Å². The molecule has 2 aromatic carbocycles. The number of carbonyl (C=O) groups is 1. The third-order valence-electron chi connectivity index (χ3n) is 3.63. The summed E-state index contributed by atoms with van der Waals surface area (Å²) in [5.74, 6) is -0.124. The van der Waals surface area contributed by atoms with Gasteiger partial charge in [-0.05, 0) is 65.0 Å². The molecule has 0 spiro atoms. The van der Waals surface area contributed by atoms with Crippen molar-refractivity contribution in [1.82, 2.24) is 4.98 Å². The van der Waals surface area contributed by atoms with Gasteiger partial charge in [0.1, 0.15) is 17.2 Å². The van der Waals surface area contributed by atoms with Crippen molar-refractivity contribution in [1.29, 1.82) is 0 Å². The van der Waals surface area contributed by atoms with Crippen LogP contribution in [0.25, 0.3) is 10.2 Å². The van der Waals surface area contributed by atoms with Crippen LogP contribution in [-0.2, 0) is 4.74 Å². The average molecular weight is 481 g/mol. The summed E-state index contributed by atoms with van der Waals surface area (Å²) in [6.45, 7) is 9.04. The summed E-state index contributed by atoms with van der Waals surface area (Å²) >= 11 is 4.74. The monoisotopic (exact) mass is 480 g/mol. The van der Waals surface area contributed by atoms with Gasteiger partial charge in [0.2, 0.25) is 5.13 Å². The van der Waals surface area contributed by atoms with Crippen molar-refractivity contribution in [3.05, 3.63) is 46.7 Å². The Bertz CT molecular complexity index is 1050. The fourth-order valence-corrected chi connectivity index (χ4v) is 3.89. The molecule has 0 N–H and O–H groups in total. The first-order chi connectivity index (χ1) is 13.5. The number of aromatic nitrogens is 1. The minimum absolute atomic E-state index is 0.161. The Kier molecular flexibility index (Phi) is 6.14. The molecular weight excluding hydrogens is 459 g/mol. The van der Waals surface area contributed by atoms with Crippen molar-refractivity contribution >= 4 is 54.4 Å². The molecule has 8 heteroatoms. The predicted molar refractivity (Wildman–Crippen MR) is 118 cm³/mol. The lowest BCUT2D eigenvalue weighted by atomic mass is 10.2. The van der Waals surface area contributed by atoms with Gasteiger partial charge < -0.3 is 9.47 Å². The number of ether oxygens (including phenoxy) is 2. The van der Waals surface area contributed by atoms with E-state index in [-0.39, 0.29) is 11.8 Å². The van der Waals surface area contributed by atoms with Crippen molar-refractivity contribution in [2.24, 2.45) is 0 Å². The van der Waals surface area contributed by atoms with Crippen LogP contribution in [0.15, 0.2) is 40.9 Å². The molecule has 1 aromatic heterocycles. The lowest BCUT2D eigenvalue weighted by molar-refractivity contribution is 0.0597. The van der Waals surface area contributed by atoms with Gasteiger partial charge in [0, 0.05) is 10.5 Å². The smallest absolute Gasteiger partial charge is 0.421 e. The van der Waals surface area contributed by atoms with Gasteiger partial charge in [-0.1, -0.05) is 27.3 Å². The van der Waals surface area contributed by atoms with E-state index in [1.54, 1.807) is 20.8 Å². The number of anilines is 2. The Labute approximate surface area is 181 Å². The summed E-state index contributed by atoms with van der Waals surface area (Å²) in [7, 11) is 0. The highest BCUT2D eigenvalue weighted by atomic mass is 79.9. The number of fused-ring (bicyclic) bond motifs is 1. The Morgan fingerprint density at radius 2 is 1.93 bits per heavy atom. The molecule has 3 rings (SSSR count). The third-order valence-corrected chi connectivity index (χ3v) is 5.15. The molecule has 0 atom stereocenters. The third kappa shape index (κ3) is 5.25. The van der Waals surface area contributed by atoms with E-state index in [0.29, 0.717) is 10.9 Å². The maximum absolute atomic E-state index is 14.2. The Balaban J connectivity index is 2.18. The van der Waals surface area contributed by atoms with E-state index in [9.17, 15) is 9.18 Å². The van der Waals surface area contributed by atoms with E-state index in [1.807, 2.05) is 32.0 Å². The lowest BCUT2D eigenvalue weighted by Crippen LogP contribution is -2.34. The van der Waals surface area contributed by atoms with E-state index in [4.69, 9.17) is 9.47 Å². The zero-order valence-electron chi connectivity index (χ0n) is 16.8. The van der Waals surface area contributed by atoms with Gasteiger partial charge in [-0.3, -0.25) is 0 Å². The Hall–Kier alpha value is -2.19. The topological polar surface area (TPSA) is 51.7 Å². The molecule has 1 heterocycles. The highest BCUT2D eigenvalue weighted by molar-refractivity contribution is 9.10. The molecule has 3 aromatic rings. The van der Waals surface area contributed by atoms with Gasteiger partial charge in [-0.2, -0.15) is 0 Å². The van der Waals surface area contributed by atoms with Crippen LogP contribution in [0.1, 0.15) is 34.6 Å². The van der Waals surface area contributed by atoms with Gasteiger partial charge in [-0.25, -0.2) is 19.1 Å². The van der Waals surface area contributed by atoms with E-state index in [2.05, 4.69) is 20.9 Å². The summed E-state index contributed by atoms with van der Waals surface area (Å²) < 4.78 is 27.3. The first kappa shape index (κ1) is 21.5. The number of hydrogen-bond acceptors (Lipinski definition) is 5. The zero-order valence-corrected chi connectivity index (χ0v) is 19.2. The second-order valence-corrected chi connectivity index (χ2v) is 9.63. The molecule has 0 aliphatic rings. The summed E-state index contributed by atoms with van der Waals surface area (Å²) in [5, 5.41) is 0.367. The molecule has 0 fully saturated rings. The van der Waals surface area contributed by atoms with Crippen LogP contribution in [0.5, 0.6) is 5.75 Å². The highest BCUT2D eigenvalue weighted by Crippen LogP contribution is 2.40. The highest BCUT2D eigenvalue weighted by Gasteiger charge is 2.30. The maximum atomic E-state index is 14.2. The Morgan fingerprint density at radius 3 is 2.59 bits per heavy atom. The molecule has 5 nitrogen and oxygen atoms in total. The molecule has 0 radical (unpaired) electrons. The first-order valence-corrected chi connectivity index (χ1v) is 10.7. The molecule has 0 saturated carbocycles. The molecule has 0 aliphatic heterocycles. The zero-order chi connectivity index (χ0) is 21.3. The van der Waals surface area contributed by atoms with E-state index >= 15 is 0 Å². The predicted octanol–water partition coefficient (Wildman–Crippen LogP) is 7.06. The number of carbonyl (C=O) groups excluding carboxylic acids is 1. The van der Waals surface area contributed by atoms with Crippen LogP contribution in [-0.4, -0.2) is 22.8 Å². The van der Waals surface area contributed by atoms with Crippen molar-refractivity contribution in [2.75, 3.05) is 4.90 Å². The maximum Gasteiger partial charge on any atom is 0.421 e. The standard InChI is InChI=1S/C21H22BrFN2O3S/c1-12(2)27-17-8-7-14(23)11-16(17)25(20(26)28-21(3,4)5)19-24-15-10-13(22)6-9-18(15)29-19/h6-12H,1-5H3. The normalized spacial score (nSPS) is 11.7. The van der Waals surface area contributed by atoms with Crippen molar-refractivity contribution < 1.29 is 18.7 Å². The largest absolute Gasteiger partial charge is 0.489 e. The number of thiazole rings is 1. The summed E-state index contributed by atoms with van der Waals surface area (Å²) in [4.78, 5) is 19.0. The SMILES string of the molecule is CC(C)Oc1ccc(F)cc1N(C(=O)OC(C)(C)C)c1nc2cc(Br)ccc2s1. The second kappa shape index (κ2) is 8.28. The van der Waals surface area contributed by atoms with Crippen LogP contribution < -0.4 is 9.64 Å². The fraction of sp³-hybridized carbons (Fsp3) is 0.333. The van der Waals surface area contributed by atoms with Gasteiger partial charge in [0.15, 0.2) is 0 Å². The van der Waals surface area contributed by atoms with Crippen molar-refractivity contribution in [3.8, 4) is 5.75 Å². The molecule has 1 amide bonds. The van der Waals surface area contributed by atoms with E-state index < -0.39 is 17.5 Å². The Morgan fingerprint density at radius 1 is 1.21 bits per heavy atom.